The average Bonchev–Trinajstić information content (AvgIpc) is 2.39. The van der Waals surface area contributed by atoms with Gasteiger partial charge in [0.1, 0.15) is 5.69 Å². The van der Waals surface area contributed by atoms with Crippen molar-refractivity contribution in [3.8, 4) is 0 Å². The van der Waals surface area contributed by atoms with Crippen LogP contribution in [0.3, 0.4) is 0 Å². The summed E-state index contributed by atoms with van der Waals surface area (Å²) >= 11 is 5.71. The zero-order valence-corrected chi connectivity index (χ0v) is 11.6. The fourth-order valence-electron chi connectivity index (χ4n) is 1.86. The molecule has 2 rings (SSSR count). The van der Waals surface area contributed by atoms with Crippen molar-refractivity contribution in [1.29, 1.82) is 0 Å². The highest BCUT2D eigenvalue weighted by Crippen LogP contribution is 2.26. The predicted molar refractivity (Wildman–Crippen MR) is 71.5 cm³/mol. The molecular formula is C13H10ClF3N2O2. The standard InChI is InChI=1S/C13H10ClF3N2O2/c1-18-10(13(15,16)17)6-11(20)19(12(18)21)7-8-2-4-9(14)5-3-8/h2-6H,7H2,1H3. The van der Waals surface area contributed by atoms with Crippen LogP contribution in [0, 0.1) is 0 Å². The van der Waals surface area contributed by atoms with Gasteiger partial charge in [0.15, 0.2) is 0 Å². The van der Waals surface area contributed by atoms with E-state index in [2.05, 4.69) is 0 Å². The van der Waals surface area contributed by atoms with Gasteiger partial charge in [0.2, 0.25) is 0 Å². The van der Waals surface area contributed by atoms with E-state index in [9.17, 15) is 22.8 Å². The normalized spacial score (nSPS) is 11.7. The highest BCUT2D eigenvalue weighted by Gasteiger charge is 2.34. The third-order valence-corrected chi connectivity index (χ3v) is 3.20. The number of hydrogen-bond donors (Lipinski definition) is 0. The number of aromatic nitrogens is 2. The summed E-state index contributed by atoms with van der Waals surface area (Å²) in [7, 11) is 0.975. The predicted octanol–water partition coefficient (Wildman–Crippen LogP) is 2.27. The molecule has 21 heavy (non-hydrogen) atoms. The van der Waals surface area contributed by atoms with Gasteiger partial charge < -0.3 is 0 Å². The maximum absolute atomic E-state index is 12.7. The van der Waals surface area contributed by atoms with Crippen LogP contribution < -0.4 is 11.2 Å². The second kappa shape index (κ2) is 5.40. The molecule has 0 aliphatic heterocycles. The molecule has 112 valence electrons. The van der Waals surface area contributed by atoms with Gasteiger partial charge in [-0.05, 0) is 17.7 Å². The Morgan fingerprint density at radius 1 is 1.14 bits per heavy atom. The minimum Gasteiger partial charge on any atom is -0.292 e. The van der Waals surface area contributed by atoms with E-state index >= 15 is 0 Å². The summed E-state index contributed by atoms with van der Waals surface area (Å²) in [6.07, 6.45) is -4.76. The number of rotatable bonds is 2. The zero-order chi connectivity index (χ0) is 15.8. The fourth-order valence-corrected chi connectivity index (χ4v) is 1.99. The Hall–Kier alpha value is -2.02. The molecule has 0 aliphatic carbocycles. The van der Waals surface area contributed by atoms with Crippen LogP contribution in [0.1, 0.15) is 11.3 Å². The van der Waals surface area contributed by atoms with Gasteiger partial charge in [0.05, 0.1) is 6.54 Å². The molecular weight excluding hydrogens is 309 g/mol. The van der Waals surface area contributed by atoms with Gasteiger partial charge in [-0.15, -0.1) is 0 Å². The van der Waals surface area contributed by atoms with Crippen LogP contribution in [0.5, 0.6) is 0 Å². The molecule has 1 aromatic carbocycles. The largest absolute Gasteiger partial charge is 0.431 e. The van der Waals surface area contributed by atoms with E-state index in [4.69, 9.17) is 11.6 Å². The first-order valence-electron chi connectivity index (χ1n) is 5.82. The van der Waals surface area contributed by atoms with E-state index in [1.54, 1.807) is 24.3 Å². The molecule has 0 saturated heterocycles. The van der Waals surface area contributed by atoms with Crippen LogP contribution in [0.25, 0.3) is 0 Å². The Morgan fingerprint density at radius 2 is 1.71 bits per heavy atom. The van der Waals surface area contributed by atoms with Crippen molar-refractivity contribution in [1.82, 2.24) is 9.13 Å². The molecule has 8 heteroatoms. The summed E-state index contributed by atoms with van der Waals surface area (Å²) in [5, 5.41) is 0.478. The van der Waals surface area contributed by atoms with Crippen LogP contribution in [-0.4, -0.2) is 9.13 Å². The van der Waals surface area contributed by atoms with E-state index in [1.807, 2.05) is 0 Å². The first-order valence-corrected chi connectivity index (χ1v) is 6.20. The highest BCUT2D eigenvalue weighted by atomic mass is 35.5. The molecule has 0 fully saturated rings. The summed E-state index contributed by atoms with van der Waals surface area (Å²) in [5.41, 5.74) is -2.71. The van der Waals surface area contributed by atoms with E-state index in [0.717, 1.165) is 11.6 Å². The van der Waals surface area contributed by atoms with Gasteiger partial charge in [-0.1, -0.05) is 23.7 Å². The SMILES string of the molecule is Cn1c(C(F)(F)F)cc(=O)n(Cc2ccc(Cl)cc2)c1=O. The molecule has 4 nitrogen and oxygen atoms in total. The molecule has 2 aromatic rings. The Balaban J connectivity index is 2.52. The molecule has 0 bridgehead atoms. The monoisotopic (exact) mass is 318 g/mol. The van der Waals surface area contributed by atoms with Crippen LogP contribution in [-0.2, 0) is 19.8 Å². The van der Waals surface area contributed by atoms with E-state index < -0.39 is 23.1 Å². The van der Waals surface area contributed by atoms with Gasteiger partial charge in [-0.25, -0.2) is 4.79 Å². The first-order chi connectivity index (χ1) is 9.70. The molecule has 0 amide bonds. The van der Waals surface area contributed by atoms with E-state index in [1.165, 1.54) is 0 Å². The lowest BCUT2D eigenvalue weighted by Crippen LogP contribution is -2.41. The second-order valence-electron chi connectivity index (χ2n) is 4.42. The van der Waals surface area contributed by atoms with Gasteiger partial charge >= 0.3 is 11.9 Å². The summed E-state index contributed by atoms with van der Waals surface area (Å²) in [6.45, 7) is -0.124. The Labute approximate surface area is 122 Å². The topological polar surface area (TPSA) is 44.0 Å². The number of alkyl halides is 3. The van der Waals surface area contributed by atoms with Gasteiger partial charge in [0, 0.05) is 18.1 Å². The number of benzene rings is 1. The molecule has 0 saturated carbocycles. The fraction of sp³-hybridized carbons (Fsp3) is 0.231. The average molecular weight is 319 g/mol. The van der Waals surface area contributed by atoms with Crippen molar-refractivity contribution in [2.24, 2.45) is 7.05 Å². The van der Waals surface area contributed by atoms with Crippen LogP contribution in [0.4, 0.5) is 13.2 Å². The molecule has 1 aromatic heterocycles. The molecule has 1 heterocycles. The van der Waals surface area contributed by atoms with Crippen molar-refractivity contribution in [3.05, 3.63) is 67.4 Å². The molecule has 0 aliphatic rings. The maximum atomic E-state index is 12.7. The number of halogens is 4. The molecule has 0 N–H and O–H groups in total. The van der Waals surface area contributed by atoms with Gasteiger partial charge in [-0.3, -0.25) is 13.9 Å². The van der Waals surface area contributed by atoms with Crippen molar-refractivity contribution < 1.29 is 13.2 Å². The lowest BCUT2D eigenvalue weighted by Gasteiger charge is -2.13. The van der Waals surface area contributed by atoms with Crippen LogP contribution >= 0.6 is 11.6 Å². The van der Waals surface area contributed by atoms with Crippen molar-refractivity contribution in [3.63, 3.8) is 0 Å². The van der Waals surface area contributed by atoms with E-state index in [-0.39, 0.29) is 6.54 Å². The van der Waals surface area contributed by atoms with Crippen molar-refractivity contribution >= 4 is 11.6 Å². The minimum atomic E-state index is -4.76. The Morgan fingerprint density at radius 3 is 2.24 bits per heavy atom. The number of hydrogen-bond acceptors (Lipinski definition) is 2. The Bertz CT molecular complexity index is 776. The second-order valence-corrected chi connectivity index (χ2v) is 4.86. The maximum Gasteiger partial charge on any atom is 0.431 e. The highest BCUT2D eigenvalue weighted by molar-refractivity contribution is 6.30. The lowest BCUT2D eigenvalue weighted by atomic mass is 10.2. The molecule has 0 atom stereocenters. The summed E-state index contributed by atoms with van der Waals surface area (Å²) in [6, 6.07) is 6.72. The van der Waals surface area contributed by atoms with Crippen molar-refractivity contribution in [2.45, 2.75) is 12.7 Å². The number of nitrogens with zero attached hydrogens (tertiary/aromatic N) is 2. The van der Waals surface area contributed by atoms with Gasteiger partial charge in [-0.2, -0.15) is 13.2 Å². The minimum absolute atomic E-state index is 0.124. The summed E-state index contributed by atoms with van der Waals surface area (Å²) in [5.74, 6) is 0. The third-order valence-electron chi connectivity index (χ3n) is 2.95. The molecule has 0 radical (unpaired) electrons. The quantitative estimate of drug-likeness (QED) is 0.852. The zero-order valence-electron chi connectivity index (χ0n) is 10.8. The molecule has 0 unspecified atom stereocenters. The van der Waals surface area contributed by atoms with Gasteiger partial charge in [0.25, 0.3) is 5.56 Å². The third kappa shape index (κ3) is 3.18. The van der Waals surface area contributed by atoms with Crippen LogP contribution in [0.2, 0.25) is 5.02 Å². The smallest absolute Gasteiger partial charge is 0.292 e. The molecule has 0 spiro atoms. The summed E-state index contributed by atoms with van der Waals surface area (Å²) in [4.78, 5) is 23.7. The lowest BCUT2D eigenvalue weighted by molar-refractivity contribution is -0.144. The first kappa shape index (κ1) is 15.4. The van der Waals surface area contributed by atoms with Crippen LogP contribution in [0.15, 0.2) is 39.9 Å². The Kier molecular flexibility index (Phi) is 3.95. The summed E-state index contributed by atoms with van der Waals surface area (Å²) < 4.78 is 39.2. The van der Waals surface area contributed by atoms with Crippen molar-refractivity contribution in [2.75, 3.05) is 0 Å². The van der Waals surface area contributed by atoms with E-state index in [0.29, 0.717) is 21.2 Å².